The van der Waals surface area contributed by atoms with E-state index in [0.717, 1.165) is 22.4 Å². The number of rotatable bonds is 7. The summed E-state index contributed by atoms with van der Waals surface area (Å²) in [7, 11) is 0. The van der Waals surface area contributed by atoms with Gasteiger partial charge in [0.2, 0.25) is 0 Å². The Morgan fingerprint density at radius 3 is 3.00 bits per heavy atom. The molecule has 1 amide bonds. The van der Waals surface area contributed by atoms with Crippen molar-refractivity contribution in [3.63, 3.8) is 0 Å². The van der Waals surface area contributed by atoms with E-state index in [0.29, 0.717) is 12.1 Å². The zero-order valence-corrected chi connectivity index (χ0v) is 11.8. The molecule has 17 heavy (non-hydrogen) atoms. The molecule has 1 heterocycles. The largest absolute Gasteiger partial charge is 0.396 e. The minimum Gasteiger partial charge on any atom is -0.396 e. The number of hydrogen-bond acceptors (Lipinski definition) is 4. The maximum atomic E-state index is 11.7. The van der Waals surface area contributed by atoms with Gasteiger partial charge in [0.15, 0.2) is 0 Å². The molecule has 0 aromatic carbocycles. The minimum atomic E-state index is -0.110. The highest BCUT2D eigenvalue weighted by Gasteiger charge is 2.05. The highest BCUT2D eigenvalue weighted by atomic mass is 79.9. The molecule has 0 atom stereocenters. The van der Waals surface area contributed by atoms with Gasteiger partial charge in [-0.05, 0) is 34.2 Å². The van der Waals surface area contributed by atoms with Crippen LogP contribution in [0.25, 0.3) is 0 Å². The summed E-state index contributed by atoms with van der Waals surface area (Å²) >= 11 is 4.99. The third kappa shape index (κ3) is 6.05. The number of nitrogens with zero attached hydrogens (tertiary/aromatic N) is 1. The van der Waals surface area contributed by atoms with Gasteiger partial charge in [0.1, 0.15) is 0 Å². The number of thioether (sulfide) groups is 1. The van der Waals surface area contributed by atoms with E-state index >= 15 is 0 Å². The highest BCUT2D eigenvalue weighted by molar-refractivity contribution is 9.10. The second kappa shape index (κ2) is 8.49. The van der Waals surface area contributed by atoms with Gasteiger partial charge in [-0.25, -0.2) is 0 Å². The lowest BCUT2D eigenvalue weighted by atomic mass is 10.3. The topological polar surface area (TPSA) is 62.2 Å². The van der Waals surface area contributed by atoms with Crippen LogP contribution in [0.3, 0.4) is 0 Å². The average molecular weight is 319 g/mol. The summed E-state index contributed by atoms with van der Waals surface area (Å²) in [6, 6.07) is 1.74. The molecule has 1 aromatic heterocycles. The van der Waals surface area contributed by atoms with Crippen LogP contribution >= 0.6 is 27.7 Å². The molecule has 0 aliphatic rings. The SMILES string of the molecule is O=C(NCCSCCCO)c1cncc(Br)c1. The first kappa shape index (κ1) is 14.5. The number of aromatic nitrogens is 1. The quantitative estimate of drug-likeness (QED) is 0.751. The first-order valence-corrected chi connectivity index (χ1v) is 7.26. The molecule has 0 saturated heterocycles. The summed E-state index contributed by atoms with van der Waals surface area (Å²) in [4.78, 5) is 15.6. The Hall–Kier alpha value is -0.590. The van der Waals surface area contributed by atoms with Crippen molar-refractivity contribution in [1.29, 1.82) is 0 Å². The third-order valence-electron chi connectivity index (χ3n) is 1.95. The molecular formula is C11H15BrN2O2S. The van der Waals surface area contributed by atoms with Crippen LogP contribution in [-0.2, 0) is 0 Å². The molecule has 1 rings (SSSR count). The van der Waals surface area contributed by atoms with E-state index in [9.17, 15) is 4.79 Å². The summed E-state index contributed by atoms with van der Waals surface area (Å²) in [5, 5.41) is 11.4. The lowest BCUT2D eigenvalue weighted by molar-refractivity contribution is 0.0955. The van der Waals surface area contributed by atoms with Crippen LogP contribution in [0.2, 0.25) is 0 Å². The van der Waals surface area contributed by atoms with E-state index in [1.54, 1.807) is 30.2 Å². The lowest BCUT2D eigenvalue weighted by Crippen LogP contribution is -2.25. The number of halogens is 1. The van der Waals surface area contributed by atoms with Crippen molar-refractivity contribution in [3.05, 3.63) is 28.5 Å². The van der Waals surface area contributed by atoms with Crippen molar-refractivity contribution in [1.82, 2.24) is 10.3 Å². The Morgan fingerprint density at radius 2 is 2.29 bits per heavy atom. The van der Waals surface area contributed by atoms with E-state index < -0.39 is 0 Å². The number of amides is 1. The van der Waals surface area contributed by atoms with Crippen LogP contribution in [-0.4, -0.2) is 40.7 Å². The normalized spacial score (nSPS) is 10.2. The summed E-state index contributed by atoms with van der Waals surface area (Å²) in [5.74, 6) is 1.67. The molecule has 4 nitrogen and oxygen atoms in total. The molecule has 0 unspecified atom stereocenters. The van der Waals surface area contributed by atoms with Gasteiger partial charge in [-0.2, -0.15) is 11.8 Å². The molecule has 0 fully saturated rings. The number of pyridine rings is 1. The molecule has 0 aliphatic heterocycles. The van der Waals surface area contributed by atoms with Gasteiger partial charge in [-0.15, -0.1) is 0 Å². The first-order chi connectivity index (χ1) is 8.24. The number of nitrogens with one attached hydrogen (secondary N) is 1. The van der Waals surface area contributed by atoms with Gasteiger partial charge in [0.25, 0.3) is 5.91 Å². The van der Waals surface area contributed by atoms with Crippen molar-refractivity contribution < 1.29 is 9.90 Å². The molecule has 1 aromatic rings. The average Bonchev–Trinajstić information content (AvgIpc) is 2.33. The summed E-state index contributed by atoms with van der Waals surface area (Å²) < 4.78 is 0.794. The fraction of sp³-hybridized carbons (Fsp3) is 0.455. The summed E-state index contributed by atoms with van der Waals surface area (Å²) in [5.41, 5.74) is 0.555. The molecule has 0 radical (unpaired) electrons. The maximum absolute atomic E-state index is 11.7. The Morgan fingerprint density at radius 1 is 1.47 bits per heavy atom. The van der Waals surface area contributed by atoms with Crippen LogP contribution in [0.5, 0.6) is 0 Å². The van der Waals surface area contributed by atoms with E-state index in [2.05, 4.69) is 26.2 Å². The van der Waals surface area contributed by atoms with Gasteiger partial charge in [-0.3, -0.25) is 9.78 Å². The Balaban J connectivity index is 2.21. The summed E-state index contributed by atoms with van der Waals surface area (Å²) in [6.45, 7) is 0.852. The molecule has 0 bridgehead atoms. The van der Waals surface area contributed by atoms with Gasteiger partial charge in [-0.1, -0.05) is 0 Å². The zero-order chi connectivity index (χ0) is 12.5. The van der Waals surface area contributed by atoms with Gasteiger partial charge in [0, 0.05) is 35.8 Å². The molecule has 2 N–H and O–H groups in total. The third-order valence-corrected chi connectivity index (χ3v) is 3.45. The van der Waals surface area contributed by atoms with E-state index in [1.165, 1.54) is 0 Å². The van der Waals surface area contributed by atoms with Crippen LogP contribution in [0.15, 0.2) is 22.9 Å². The number of hydrogen-bond donors (Lipinski definition) is 2. The van der Waals surface area contributed by atoms with Crippen LogP contribution in [0, 0.1) is 0 Å². The van der Waals surface area contributed by atoms with Gasteiger partial charge < -0.3 is 10.4 Å². The molecule has 0 aliphatic carbocycles. The zero-order valence-electron chi connectivity index (χ0n) is 9.36. The second-order valence-corrected chi connectivity index (χ2v) is 5.48. The molecular weight excluding hydrogens is 304 g/mol. The predicted octanol–water partition coefficient (Wildman–Crippen LogP) is 1.69. The minimum absolute atomic E-state index is 0.110. The second-order valence-electron chi connectivity index (χ2n) is 3.34. The van der Waals surface area contributed by atoms with Gasteiger partial charge >= 0.3 is 0 Å². The van der Waals surface area contributed by atoms with Crippen molar-refractivity contribution in [2.75, 3.05) is 24.7 Å². The number of carbonyl (C=O) groups is 1. The number of aliphatic hydroxyl groups is 1. The van der Waals surface area contributed by atoms with E-state index in [1.807, 2.05) is 0 Å². The van der Waals surface area contributed by atoms with E-state index in [-0.39, 0.29) is 12.5 Å². The highest BCUT2D eigenvalue weighted by Crippen LogP contribution is 2.09. The fourth-order valence-corrected chi connectivity index (χ4v) is 2.29. The van der Waals surface area contributed by atoms with Crippen molar-refractivity contribution in [2.45, 2.75) is 6.42 Å². The Labute approximate surface area is 113 Å². The molecule has 0 spiro atoms. The van der Waals surface area contributed by atoms with Crippen molar-refractivity contribution in [2.24, 2.45) is 0 Å². The smallest absolute Gasteiger partial charge is 0.252 e. The maximum Gasteiger partial charge on any atom is 0.252 e. The number of aliphatic hydroxyl groups excluding tert-OH is 1. The molecule has 6 heteroatoms. The number of carbonyl (C=O) groups excluding carboxylic acids is 1. The molecule has 0 saturated carbocycles. The standard InChI is InChI=1S/C11H15BrN2O2S/c12-10-6-9(7-13-8-10)11(16)14-2-5-17-4-1-3-15/h6-8,15H,1-5H2,(H,14,16). The summed E-state index contributed by atoms with van der Waals surface area (Å²) in [6.07, 6.45) is 3.98. The van der Waals surface area contributed by atoms with E-state index in [4.69, 9.17) is 5.11 Å². The van der Waals surface area contributed by atoms with Gasteiger partial charge in [0.05, 0.1) is 5.56 Å². The van der Waals surface area contributed by atoms with Crippen LogP contribution < -0.4 is 5.32 Å². The monoisotopic (exact) mass is 318 g/mol. The Kier molecular flexibility index (Phi) is 7.23. The lowest BCUT2D eigenvalue weighted by Gasteiger charge is -2.04. The van der Waals surface area contributed by atoms with Crippen molar-refractivity contribution >= 4 is 33.6 Å². The van der Waals surface area contributed by atoms with Crippen LogP contribution in [0.1, 0.15) is 16.8 Å². The molecule has 94 valence electrons. The van der Waals surface area contributed by atoms with Crippen molar-refractivity contribution in [3.8, 4) is 0 Å². The first-order valence-electron chi connectivity index (χ1n) is 5.31. The Bertz CT molecular complexity index is 363. The predicted molar refractivity (Wildman–Crippen MR) is 73.3 cm³/mol. The van der Waals surface area contributed by atoms with Crippen LogP contribution in [0.4, 0.5) is 0 Å². The fourth-order valence-electron chi connectivity index (χ4n) is 1.14.